The van der Waals surface area contributed by atoms with Gasteiger partial charge in [0.1, 0.15) is 5.69 Å². The fourth-order valence-corrected chi connectivity index (χ4v) is 3.50. The van der Waals surface area contributed by atoms with E-state index in [1.165, 1.54) is 12.1 Å². The van der Waals surface area contributed by atoms with Crippen molar-refractivity contribution in [2.24, 2.45) is 0 Å². The fraction of sp³-hybridized carbons (Fsp3) is 0.214. The van der Waals surface area contributed by atoms with Crippen LogP contribution in [0, 0.1) is 0 Å². The molecule has 1 aromatic carbocycles. The number of nitrogens with one attached hydrogen (secondary N) is 2. The number of carbonyl (C=O) groups is 1. The Morgan fingerprint density at radius 3 is 3.00 bits per heavy atom. The molecule has 21 heavy (non-hydrogen) atoms. The average Bonchev–Trinajstić information content (AvgIpc) is 2.48. The summed E-state index contributed by atoms with van der Waals surface area (Å²) in [5, 5.41) is 9.58. The lowest BCUT2D eigenvalue weighted by molar-refractivity contribution is 0.0929. The van der Waals surface area contributed by atoms with Crippen molar-refractivity contribution in [2.75, 3.05) is 5.75 Å². The predicted molar refractivity (Wildman–Crippen MR) is 81.9 cm³/mol. The minimum absolute atomic E-state index is 0.0961. The van der Waals surface area contributed by atoms with Crippen LogP contribution >= 0.6 is 23.4 Å². The molecule has 0 aliphatic carbocycles. The SMILES string of the molecule is O=C(N[C@H]1CCSc2ccc(Cl)cc21)c1ccc(=O)[nH]n1. The quantitative estimate of drug-likeness (QED) is 0.890. The molecule has 1 amide bonds. The standard InChI is InChI=1S/C14H12ClN3O2S/c15-8-1-3-12-9(7-8)10(5-6-21-12)16-14(20)11-2-4-13(19)18-17-11/h1-4,7,10H,5-6H2,(H,16,20)(H,18,19)/t10-/m0/s1. The maximum Gasteiger partial charge on any atom is 0.272 e. The molecule has 0 saturated carbocycles. The van der Waals surface area contributed by atoms with Crippen molar-refractivity contribution in [3.63, 3.8) is 0 Å². The summed E-state index contributed by atoms with van der Waals surface area (Å²) in [6.07, 6.45) is 0.826. The second-order valence-corrected chi connectivity index (χ2v) is 6.22. The largest absolute Gasteiger partial charge is 0.344 e. The number of fused-ring (bicyclic) bond motifs is 1. The van der Waals surface area contributed by atoms with Crippen molar-refractivity contribution in [1.82, 2.24) is 15.5 Å². The highest BCUT2D eigenvalue weighted by molar-refractivity contribution is 7.99. The average molecular weight is 322 g/mol. The number of rotatable bonds is 2. The summed E-state index contributed by atoms with van der Waals surface area (Å²) in [4.78, 5) is 24.3. The van der Waals surface area contributed by atoms with Gasteiger partial charge in [0.25, 0.3) is 11.5 Å². The summed E-state index contributed by atoms with van der Waals surface area (Å²) in [5.74, 6) is 0.618. The minimum Gasteiger partial charge on any atom is -0.344 e. The Bertz CT molecular complexity index is 727. The van der Waals surface area contributed by atoms with Crippen molar-refractivity contribution in [3.05, 3.63) is 57.0 Å². The summed E-state index contributed by atoms with van der Waals surface area (Å²) in [5.41, 5.74) is 0.880. The molecule has 0 fully saturated rings. The second-order valence-electron chi connectivity index (χ2n) is 4.65. The number of aromatic amines is 1. The van der Waals surface area contributed by atoms with Crippen LogP contribution in [0.3, 0.4) is 0 Å². The predicted octanol–water partition coefficient (Wildman–Crippen LogP) is 2.39. The molecule has 0 saturated heterocycles. The van der Waals surface area contributed by atoms with Crippen LogP contribution < -0.4 is 10.9 Å². The van der Waals surface area contributed by atoms with E-state index >= 15 is 0 Å². The molecule has 7 heteroatoms. The number of carbonyl (C=O) groups excluding carboxylic acids is 1. The Kier molecular flexibility index (Phi) is 3.98. The minimum atomic E-state index is -0.335. The van der Waals surface area contributed by atoms with Crippen LogP contribution in [0.1, 0.15) is 28.5 Å². The van der Waals surface area contributed by atoms with E-state index in [-0.39, 0.29) is 23.2 Å². The summed E-state index contributed by atoms with van der Waals surface area (Å²) in [6, 6.07) is 8.30. The molecular formula is C14H12ClN3O2S. The van der Waals surface area contributed by atoms with E-state index in [2.05, 4.69) is 15.5 Å². The lowest BCUT2D eigenvalue weighted by atomic mass is 10.0. The van der Waals surface area contributed by atoms with Gasteiger partial charge in [0.2, 0.25) is 0 Å². The zero-order valence-electron chi connectivity index (χ0n) is 10.9. The van der Waals surface area contributed by atoms with Crippen molar-refractivity contribution in [3.8, 4) is 0 Å². The summed E-state index contributed by atoms with van der Waals surface area (Å²) >= 11 is 7.79. The number of aromatic nitrogens is 2. The molecule has 1 aromatic heterocycles. The van der Waals surface area contributed by atoms with Crippen molar-refractivity contribution in [2.45, 2.75) is 17.4 Å². The molecular weight excluding hydrogens is 310 g/mol. The number of amides is 1. The number of hydrogen-bond acceptors (Lipinski definition) is 4. The van der Waals surface area contributed by atoms with Crippen LogP contribution in [0.25, 0.3) is 0 Å². The van der Waals surface area contributed by atoms with E-state index in [0.29, 0.717) is 5.02 Å². The van der Waals surface area contributed by atoms with Crippen LogP contribution in [0.15, 0.2) is 40.0 Å². The maximum atomic E-state index is 12.2. The van der Waals surface area contributed by atoms with Gasteiger partial charge < -0.3 is 5.32 Å². The van der Waals surface area contributed by atoms with Gasteiger partial charge in [-0.25, -0.2) is 5.10 Å². The normalized spacial score (nSPS) is 17.1. The lowest BCUT2D eigenvalue weighted by Crippen LogP contribution is -2.31. The van der Waals surface area contributed by atoms with Crippen LogP contribution in [0.2, 0.25) is 5.02 Å². The Morgan fingerprint density at radius 1 is 1.38 bits per heavy atom. The van der Waals surface area contributed by atoms with Crippen LogP contribution in [-0.4, -0.2) is 21.9 Å². The third-order valence-electron chi connectivity index (χ3n) is 3.23. The smallest absolute Gasteiger partial charge is 0.272 e. The third kappa shape index (κ3) is 3.11. The number of H-pyrrole nitrogens is 1. The summed E-state index contributed by atoms with van der Waals surface area (Å²) < 4.78 is 0. The molecule has 1 aliphatic rings. The van der Waals surface area contributed by atoms with E-state index in [1.807, 2.05) is 18.2 Å². The van der Waals surface area contributed by atoms with Crippen LogP contribution in [0.5, 0.6) is 0 Å². The Balaban J connectivity index is 1.83. The zero-order valence-corrected chi connectivity index (χ0v) is 12.5. The van der Waals surface area contributed by atoms with E-state index < -0.39 is 0 Å². The number of benzene rings is 1. The Morgan fingerprint density at radius 2 is 2.24 bits per heavy atom. The Labute approximate surface area is 130 Å². The van der Waals surface area contributed by atoms with Gasteiger partial charge in [-0.05, 0) is 36.2 Å². The molecule has 2 heterocycles. The highest BCUT2D eigenvalue weighted by Crippen LogP contribution is 2.37. The molecule has 0 unspecified atom stereocenters. The van der Waals surface area contributed by atoms with Gasteiger partial charge in [-0.15, -0.1) is 11.8 Å². The maximum absolute atomic E-state index is 12.2. The van der Waals surface area contributed by atoms with Gasteiger partial charge >= 0.3 is 0 Å². The molecule has 1 aliphatic heterocycles. The molecule has 2 aromatic rings. The highest BCUT2D eigenvalue weighted by Gasteiger charge is 2.23. The highest BCUT2D eigenvalue weighted by atomic mass is 35.5. The monoisotopic (exact) mass is 321 g/mol. The van der Waals surface area contributed by atoms with Crippen molar-refractivity contribution >= 4 is 29.3 Å². The van der Waals surface area contributed by atoms with Gasteiger partial charge in [0, 0.05) is 21.7 Å². The molecule has 0 bridgehead atoms. The second kappa shape index (κ2) is 5.91. The number of nitrogens with zero attached hydrogens (tertiary/aromatic N) is 1. The lowest BCUT2D eigenvalue weighted by Gasteiger charge is -2.26. The van der Waals surface area contributed by atoms with Gasteiger partial charge in [-0.1, -0.05) is 11.6 Å². The van der Waals surface area contributed by atoms with E-state index in [0.717, 1.165) is 22.6 Å². The Hall–Kier alpha value is -1.79. The van der Waals surface area contributed by atoms with Gasteiger partial charge in [-0.2, -0.15) is 5.10 Å². The first-order valence-corrected chi connectivity index (χ1v) is 7.79. The molecule has 3 rings (SSSR count). The number of thioether (sulfide) groups is 1. The first kappa shape index (κ1) is 14.2. The van der Waals surface area contributed by atoms with Crippen LogP contribution in [-0.2, 0) is 0 Å². The molecule has 2 N–H and O–H groups in total. The molecule has 0 spiro atoms. The molecule has 5 nitrogen and oxygen atoms in total. The van der Waals surface area contributed by atoms with Gasteiger partial charge in [-0.3, -0.25) is 9.59 Å². The summed E-state index contributed by atoms with van der Waals surface area (Å²) in [7, 11) is 0. The van der Waals surface area contributed by atoms with Gasteiger partial charge in [0.05, 0.1) is 6.04 Å². The zero-order chi connectivity index (χ0) is 14.8. The van der Waals surface area contributed by atoms with E-state index in [4.69, 9.17) is 11.6 Å². The van der Waals surface area contributed by atoms with Gasteiger partial charge in [0.15, 0.2) is 0 Å². The van der Waals surface area contributed by atoms with Crippen molar-refractivity contribution < 1.29 is 4.79 Å². The van der Waals surface area contributed by atoms with E-state index in [9.17, 15) is 9.59 Å². The molecule has 1 atom stereocenters. The molecule has 108 valence electrons. The summed E-state index contributed by atoms with van der Waals surface area (Å²) in [6.45, 7) is 0. The van der Waals surface area contributed by atoms with Crippen LogP contribution in [0.4, 0.5) is 0 Å². The first-order chi connectivity index (χ1) is 10.1. The fourth-order valence-electron chi connectivity index (χ4n) is 2.22. The molecule has 0 radical (unpaired) electrons. The number of halogens is 1. The third-order valence-corrected chi connectivity index (χ3v) is 4.59. The first-order valence-electron chi connectivity index (χ1n) is 6.42. The van der Waals surface area contributed by atoms with E-state index in [1.54, 1.807) is 11.8 Å². The number of hydrogen-bond donors (Lipinski definition) is 2. The van der Waals surface area contributed by atoms with Crippen molar-refractivity contribution in [1.29, 1.82) is 0 Å². The topological polar surface area (TPSA) is 74.8 Å².